The van der Waals surface area contributed by atoms with E-state index < -0.39 is 0 Å². The summed E-state index contributed by atoms with van der Waals surface area (Å²) >= 11 is 0. The third-order valence-electron chi connectivity index (χ3n) is 4.10. The highest BCUT2D eigenvalue weighted by atomic mass is 16.1. The molecule has 1 aliphatic carbocycles. The number of hydrogen-bond donors (Lipinski definition) is 1. The smallest absolute Gasteiger partial charge is 0.198 e. The van der Waals surface area contributed by atoms with Gasteiger partial charge in [-0.1, -0.05) is 49.4 Å². The summed E-state index contributed by atoms with van der Waals surface area (Å²) in [6, 6.07) is 15.7. The lowest BCUT2D eigenvalue weighted by Crippen LogP contribution is -2.07. The minimum absolute atomic E-state index is 0.0717. The lowest BCUT2D eigenvalue weighted by atomic mass is 10.0. The van der Waals surface area contributed by atoms with Gasteiger partial charge in [-0.15, -0.1) is 0 Å². The molecule has 2 aromatic carbocycles. The highest BCUT2D eigenvalue weighted by Gasteiger charge is 2.31. The Morgan fingerprint density at radius 2 is 1.73 bits per heavy atom. The van der Waals surface area contributed by atoms with Gasteiger partial charge in [0.25, 0.3) is 0 Å². The van der Waals surface area contributed by atoms with Crippen molar-refractivity contribution in [2.75, 3.05) is 11.9 Å². The van der Waals surface area contributed by atoms with Crippen molar-refractivity contribution in [2.45, 2.75) is 13.3 Å². The van der Waals surface area contributed by atoms with Crippen LogP contribution in [-0.4, -0.2) is 17.3 Å². The van der Waals surface area contributed by atoms with E-state index in [0.717, 1.165) is 46.4 Å². The van der Waals surface area contributed by atoms with Crippen LogP contribution >= 0.6 is 0 Å². The average Bonchev–Trinajstić information content (AvgIpc) is 2.85. The summed E-state index contributed by atoms with van der Waals surface area (Å²) < 4.78 is 0. The molecule has 108 valence electrons. The summed E-state index contributed by atoms with van der Waals surface area (Å²) in [6.45, 7) is 2.96. The topological polar surface area (TPSA) is 42.0 Å². The average molecular weight is 288 g/mol. The van der Waals surface area contributed by atoms with Crippen LogP contribution in [0.1, 0.15) is 29.3 Å². The molecule has 0 unspecified atom stereocenters. The molecule has 0 saturated heterocycles. The van der Waals surface area contributed by atoms with E-state index in [0.29, 0.717) is 5.56 Å². The van der Waals surface area contributed by atoms with E-state index in [1.807, 2.05) is 48.5 Å². The Bertz CT molecular complexity index is 899. The predicted octanol–water partition coefficient (Wildman–Crippen LogP) is 4.27. The number of nitrogens with one attached hydrogen (secondary N) is 1. The number of carbonyl (C=O) groups excluding carboxylic acids is 1. The maximum absolute atomic E-state index is 12.8. The summed E-state index contributed by atoms with van der Waals surface area (Å²) in [5.41, 5.74) is 5.05. The highest BCUT2D eigenvalue weighted by Crippen LogP contribution is 2.41. The van der Waals surface area contributed by atoms with Crippen molar-refractivity contribution in [3.8, 4) is 11.3 Å². The number of aromatic nitrogens is 1. The van der Waals surface area contributed by atoms with E-state index in [2.05, 4.69) is 12.2 Å². The molecule has 4 rings (SSSR count). The summed E-state index contributed by atoms with van der Waals surface area (Å²) in [6.07, 6.45) is 1.01. The van der Waals surface area contributed by atoms with Gasteiger partial charge in [-0.25, -0.2) is 4.98 Å². The molecule has 0 saturated carbocycles. The molecule has 0 amide bonds. The molecule has 0 radical (unpaired) electrons. The normalized spacial score (nSPS) is 12.3. The molecule has 1 heterocycles. The second-order valence-electron chi connectivity index (χ2n) is 5.53. The predicted molar refractivity (Wildman–Crippen MR) is 89.4 cm³/mol. The van der Waals surface area contributed by atoms with Crippen molar-refractivity contribution >= 4 is 22.4 Å². The first kappa shape index (κ1) is 13.0. The first-order valence-electron chi connectivity index (χ1n) is 7.62. The molecule has 1 aromatic heterocycles. The molecule has 3 heteroatoms. The number of para-hydroxylation sites is 1. The van der Waals surface area contributed by atoms with E-state index >= 15 is 0 Å². The van der Waals surface area contributed by atoms with Crippen molar-refractivity contribution in [3.63, 3.8) is 0 Å². The van der Waals surface area contributed by atoms with E-state index in [-0.39, 0.29) is 5.78 Å². The Morgan fingerprint density at radius 1 is 1.00 bits per heavy atom. The van der Waals surface area contributed by atoms with Gasteiger partial charge in [-0.2, -0.15) is 0 Å². The molecular weight excluding hydrogens is 272 g/mol. The molecule has 1 aliphatic rings. The van der Waals surface area contributed by atoms with E-state index in [1.54, 1.807) is 0 Å². The van der Waals surface area contributed by atoms with Crippen LogP contribution in [-0.2, 0) is 0 Å². The SMILES string of the molecule is CCCNc1c2c(nc3ccccc13)-c1ccccc1C2=O. The molecule has 0 fully saturated rings. The van der Waals surface area contributed by atoms with Crippen LogP contribution in [0.4, 0.5) is 5.69 Å². The molecule has 3 aromatic rings. The molecule has 0 spiro atoms. The number of anilines is 1. The fourth-order valence-electron chi connectivity index (χ4n) is 3.08. The van der Waals surface area contributed by atoms with Crippen LogP contribution in [0.25, 0.3) is 22.2 Å². The second kappa shape index (κ2) is 4.95. The fraction of sp³-hybridized carbons (Fsp3) is 0.158. The molecule has 0 bridgehead atoms. The minimum Gasteiger partial charge on any atom is -0.384 e. The quantitative estimate of drug-likeness (QED) is 0.612. The van der Waals surface area contributed by atoms with Crippen LogP contribution in [0, 0.1) is 0 Å². The Labute approximate surface area is 129 Å². The number of benzene rings is 2. The zero-order valence-electron chi connectivity index (χ0n) is 12.4. The largest absolute Gasteiger partial charge is 0.384 e. The van der Waals surface area contributed by atoms with Crippen molar-refractivity contribution in [2.24, 2.45) is 0 Å². The Kier molecular flexibility index (Phi) is 2.93. The number of hydrogen-bond acceptors (Lipinski definition) is 3. The van der Waals surface area contributed by atoms with Gasteiger partial charge in [0, 0.05) is 23.1 Å². The van der Waals surface area contributed by atoms with Crippen molar-refractivity contribution in [1.82, 2.24) is 4.98 Å². The van der Waals surface area contributed by atoms with Crippen LogP contribution in [0.3, 0.4) is 0 Å². The highest BCUT2D eigenvalue weighted by molar-refractivity contribution is 6.26. The van der Waals surface area contributed by atoms with Gasteiger partial charge >= 0.3 is 0 Å². The lowest BCUT2D eigenvalue weighted by Gasteiger charge is -2.13. The van der Waals surface area contributed by atoms with Crippen LogP contribution < -0.4 is 5.32 Å². The minimum atomic E-state index is 0.0717. The third kappa shape index (κ3) is 1.75. The number of fused-ring (bicyclic) bond motifs is 4. The summed E-state index contributed by atoms with van der Waals surface area (Å²) in [4.78, 5) is 17.6. The van der Waals surface area contributed by atoms with Crippen LogP contribution in [0.2, 0.25) is 0 Å². The maximum atomic E-state index is 12.8. The lowest BCUT2D eigenvalue weighted by molar-refractivity contribution is 0.104. The standard InChI is InChI=1S/C19H16N2O/c1-2-11-20-17-14-9-5-6-10-15(14)21-18-12-7-3-4-8-13(12)19(22)16(17)18/h3-10H,2,11H2,1H3,(H,20,21). The van der Waals surface area contributed by atoms with Gasteiger partial charge in [0.05, 0.1) is 22.5 Å². The first-order chi connectivity index (χ1) is 10.8. The summed E-state index contributed by atoms with van der Waals surface area (Å²) in [7, 11) is 0. The van der Waals surface area contributed by atoms with Crippen molar-refractivity contribution < 1.29 is 4.79 Å². The molecule has 1 N–H and O–H groups in total. The van der Waals surface area contributed by atoms with Gasteiger partial charge in [0.1, 0.15) is 0 Å². The molecular formula is C19H16N2O. The van der Waals surface area contributed by atoms with Crippen LogP contribution in [0.15, 0.2) is 48.5 Å². The Balaban J connectivity index is 2.07. The zero-order chi connectivity index (χ0) is 15.1. The molecule has 0 atom stereocenters. The number of carbonyl (C=O) groups is 1. The van der Waals surface area contributed by atoms with Gasteiger partial charge < -0.3 is 5.32 Å². The van der Waals surface area contributed by atoms with Crippen LogP contribution in [0.5, 0.6) is 0 Å². The number of ketones is 1. The van der Waals surface area contributed by atoms with Crippen molar-refractivity contribution in [3.05, 3.63) is 59.7 Å². The monoisotopic (exact) mass is 288 g/mol. The summed E-state index contributed by atoms with van der Waals surface area (Å²) in [5.74, 6) is 0.0717. The first-order valence-corrected chi connectivity index (χ1v) is 7.62. The zero-order valence-corrected chi connectivity index (χ0v) is 12.4. The fourth-order valence-corrected chi connectivity index (χ4v) is 3.08. The number of rotatable bonds is 3. The maximum Gasteiger partial charge on any atom is 0.198 e. The third-order valence-corrected chi connectivity index (χ3v) is 4.10. The Hall–Kier alpha value is -2.68. The molecule has 22 heavy (non-hydrogen) atoms. The van der Waals surface area contributed by atoms with Gasteiger partial charge in [0.2, 0.25) is 0 Å². The molecule has 3 nitrogen and oxygen atoms in total. The summed E-state index contributed by atoms with van der Waals surface area (Å²) in [5, 5.41) is 4.45. The van der Waals surface area contributed by atoms with Gasteiger partial charge in [-0.3, -0.25) is 4.79 Å². The number of pyridine rings is 1. The number of nitrogens with zero attached hydrogens (tertiary/aromatic N) is 1. The second-order valence-corrected chi connectivity index (χ2v) is 5.53. The van der Waals surface area contributed by atoms with Crippen molar-refractivity contribution in [1.29, 1.82) is 0 Å². The van der Waals surface area contributed by atoms with E-state index in [1.165, 1.54) is 0 Å². The van der Waals surface area contributed by atoms with E-state index in [9.17, 15) is 4.79 Å². The van der Waals surface area contributed by atoms with Gasteiger partial charge in [-0.05, 0) is 12.5 Å². The Morgan fingerprint density at radius 3 is 2.55 bits per heavy atom. The van der Waals surface area contributed by atoms with E-state index in [4.69, 9.17) is 4.98 Å². The molecule has 0 aliphatic heterocycles. The van der Waals surface area contributed by atoms with Gasteiger partial charge in [0.15, 0.2) is 5.78 Å².